The van der Waals surface area contributed by atoms with Gasteiger partial charge in [0.05, 0.1) is 12.0 Å². The molecule has 1 aliphatic rings. The van der Waals surface area contributed by atoms with Gasteiger partial charge in [-0.05, 0) is 36.5 Å². The highest BCUT2D eigenvalue weighted by molar-refractivity contribution is 9.10. The number of guanidine groups is 1. The molecule has 1 aromatic carbocycles. The zero-order valence-electron chi connectivity index (χ0n) is 12.2. The fraction of sp³-hybridized carbons (Fsp3) is 0.250. The molecule has 0 amide bonds. The topological polar surface area (TPSA) is 89.9 Å². The van der Waals surface area contributed by atoms with E-state index in [1.54, 1.807) is 6.26 Å². The number of halogens is 1. The predicted molar refractivity (Wildman–Crippen MR) is 91.0 cm³/mol. The molecule has 0 saturated carbocycles. The van der Waals surface area contributed by atoms with Crippen molar-refractivity contribution in [3.05, 3.63) is 57.5 Å². The molecule has 1 unspecified atom stereocenters. The number of fused-ring (bicyclic) bond motifs is 1. The fourth-order valence-corrected chi connectivity index (χ4v) is 3.51. The molecule has 5 nitrogen and oxygen atoms in total. The van der Waals surface area contributed by atoms with Crippen LogP contribution in [0.4, 0.5) is 0 Å². The number of hydrogen-bond donors (Lipinski definition) is 2. The summed E-state index contributed by atoms with van der Waals surface area (Å²) in [7, 11) is 0. The third-order valence-electron chi connectivity index (χ3n) is 3.84. The first-order chi connectivity index (χ1) is 10.6. The molecule has 1 atom stereocenters. The maximum atomic E-state index is 5.71. The molecule has 114 valence electrons. The average Bonchev–Trinajstić information content (AvgIpc) is 2.87. The van der Waals surface area contributed by atoms with Crippen molar-refractivity contribution in [1.82, 2.24) is 0 Å². The van der Waals surface area contributed by atoms with E-state index in [2.05, 4.69) is 32.2 Å². The highest BCUT2D eigenvalue weighted by atomic mass is 79.9. The fourth-order valence-electron chi connectivity index (χ4n) is 2.90. The van der Waals surface area contributed by atoms with Crippen LogP contribution in [0.2, 0.25) is 0 Å². The van der Waals surface area contributed by atoms with E-state index in [-0.39, 0.29) is 11.9 Å². The van der Waals surface area contributed by atoms with Gasteiger partial charge < -0.3 is 15.9 Å². The summed E-state index contributed by atoms with van der Waals surface area (Å²) in [5.41, 5.74) is 15.0. The van der Waals surface area contributed by atoms with Crippen molar-refractivity contribution in [2.45, 2.75) is 25.7 Å². The van der Waals surface area contributed by atoms with Gasteiger partial charge in [-0.3, -0.25) is 0 Å². The lowest BCUT2D eigenvalue weighted by atomic mass is 9.81. The second-order valence-electron chi connectivity index (χ2n) is 5.42. The van der Waals surface area contributed by atoms with Crippen LogP contribution in [0.25, 0.3) is 0 Å². The van der Waals surface area contributed by atoms with Crippen molar-refractivity contribution in [3.8, 4) is 0 Å². The van der Waals surface area contributed by atoms with Crippen LogP contribution in [0.5, 0.6) is 0 Å². The minimum absolute atomic E-state index is 0.0433. The van der Waals surface area contributed by atoms with Crippen LogP contribution in [0, 0.1) is 6.92 Å². The number of aryl methyl sites for hydroxylation is 1. The number of rotatable bonds is 2. The number of furan rings is 1. The molecule has 1 heterocycles. The highest BCUT2D eigenvalue weighted by Crippen LogP contribution is 2.38. The van der Waals surface area contributed by atoms with Gasteiger partial charge in [-0.1, -0.05) is 34.1 Å². The van der Waals surface area contributed by atoms with E-state index >= 15 is 0 Å². The van der Waals surface area contributed by atoms with Gasteiger partial charge in [-0.2, -0.15) is 5.10 Å². The summed E-state index contributed by atoms with van der Waals surface area (Å²) in [6, 6.07) is 8.21. The standard InChI is InChI=1S/C16H17BrN4O/c1-9-8-22-14-7-10(11-4-2-3-5-12(11)17)6-13(15(9)14)20-21-16(18)19/h2-5,8,10H,6-7H2,1H3,(H4,18,19,21)/b20-13+. The Hall–Kier alpha value is -2.08. The van der Waals surface area contributed by atoms with E-state index in [9.17, 15) is 0 Å². The lowest BCUT2D eigenvalue weighted by molar-refractivity contribution is 0.480. The van der Waals surface area contributed by atoms with Crippen LogP contribution in [-0.4, -0.2) is 11.7 Å². The maximum absolute atomic E-state index is 5.71. The quantitative estimate of drug-likeness (QED) is 0.489. The molecule has 6 heteroatoms. The molecule has 1 aliphatic carbocycles. The highest BCUT2D eigenvalue weighted by Gasteiger charge is 2.30. The first-order valence-electron chi connectivity index (χ1n) is 7.03. The van der Waals surface area contributed by atoms with Gasteiger partial charge in [0.1, 0.15) is 5.76 Å². The summed E-state index contributed by atoms with van der Waals surface area (Å²) >= 11 is 3.62. The van der Waals surface area contributed by atoms with Crippen molar-refractivity contribution in [2.24, 2.45) is 21.7 Å². The van der Waals surface area contributed by atoms with Crippen molar-refractivity contribution in [3.63, 3.8) is 0 Å². The van der Waals surface area contributed by atoms with E-state index in [1.165, 1.54) is 5.56 Å². The van der Waals surface area contributed by atoms with Crippen molar-refractivity contribution >= 4 is 27.6 Å². The normalized spacial score (nSPS) is 19.0. The van der Waals surface area contributed by atoms with Crippen molar-refractivity contribution in [2.75, 3.05) is 0 Å². The second kappa shape index (κ2) is 5.96. The Balaban J connectivity index is 2.04. The Labute approximate surface area is 137 Å². The molecule has 0 aliphatic heterocycles. The molecule has 2 aromatic rings. The SMILES string of the molecule is Cc1coc2c1/C(=N/N=C(N)N)CC(c1ccccc1Br)C2. The molecule has 0 saturated heterocycles. The van der Waals surface area contributed by atoms with Gasteiger partial charge in [0.15, 0.2) is 0 Å². The van der Waals surface area contributed by atoms with Crippen LogP contribution < -0.4 is 11.5 Å². The van der Waals surface area contributed by atoms with E-state index in [1.807, 2.05) is 25.1 Å². The van der Waals surface area contributed by atoms with E-state index in [4.69, 9.17) is 15.9 Å². The lowest BCUT2D eigenvalue weighted by Gasteiger charge is -2.24. The summed E-state index contributed by atoms with van der Waals surface area (Å²) in [5.74, 6) is 1.17. The van der Waals surface area contributed by atoms with E-state index < -0.39 is 0 Å². The summed E-state index contributed by atoms with van der Waals surface area (Å²) in [5, 5.41) is 8.07. The van der Waals surface area contributed by atoms with E-state index in [0.717, 1.165) is 39.9 Å². The molecule has 1 aromatic heterocycles. The molecular weight excluding hydrogens is 344 g/mol. The molecule has 22 heavy (non-hydrogen) atoms. The van der Waals surface area contributed by atoms with Crippen molar-refractivity contribution in [1.29, 1.82) is 0 Å². The number of nitrogens with zero attached hydrogens (tertiary/aromatic N) is 2. The van der Waals surface area contributed by atoms with Gasteiger partial charge in [0.2, 0.25) is 5.96 Å². The summed E-state index contributed by atoms with van der Waals surface area (Å²) < 4.78 is 6.80. The third kappa shape index (κ3) is 2.78. The molecule has 0 radical (unpaired) electrons. The Morgan fingerprint density at radius 1 is 1.27 bits per heavy atom. The molecule has 3 rings (SSSR count). The Bertz CT molecular complexity index is 759. The molecule has 0 spiro atoms. The smallest absolute Gasteiger partial charge is 0.211 e. The van der Waals surface area contributed by atoms with Gasteiger partial charge in [-0.15, -0.1) is 5.10 Å². The van der Waals surface area contributed by atoms with Crippen LogP contribution in [0.15, 0.2) is 49.6 Å². The second-order valence-corrected chi connectivity index (χ2v) is 6.27. The summed E-state index contributed by atoms with van der Waals surface area (Å²) in [6.07, 6.45) is 3.37. The van der Waals surface area contributed by atoms with Crippen LogP contribution in [0.1, 0.15) is 34.8 Å². The van der Waals surface area contributed by atoms with Crippen LogP contribution in [0.3, 0.4) is 0 Å². The van der Waals surface area contributed by atoms with Gasteiger partial charge in [-0.25, -0.2) is 0 Å². The maximum Gasteiger partial charge on any atom is 0.211 e. The van der Waals surface area contributed by atoms with Crippen LogP contribution in [-0.2, 0) is 6.42 Å². The predicted octanol–water partition coefficient (Wildman–Crippen LogP) is 3.06. The molecular formula is C16H17BrN4O. The largest absolute Gasteiger partial charge is 0.468 e. The zero-order valence-corrected chi connectivity index (χ0v) is 13.8. The Kier molecular flexibility index (Phi) is 4.02. The molecule has 0 fully saturated rings. The Morgan fingerprint density at radius 3 is 2.77 bits per heavy atom. The summed E-state index contributed by atoms with van der Waals surface area (Å²) in [6.45, 7) is 2.01. The number of benzene rings is 1. The average molecular weight is 361 g/mol. The van der Waals surface area contributed by atoms with Gasteiger partial charge >= 0.3 is 0 Å². The molecule has 0 bridgehead atoms. The number of hydrogen-bond acceptors (Lipinski definition) is 3. The van der Waals surface area contributed by atoms with Gasteiger partial charge in [0.25, 0.3) is 0 Å². The zero-order chi connectivity index (χ0) is 15.7. The third-order valence-corrected chi connectivity index (χ3v) is 4.56. The lowest BCUT2D eigenvalue weighted by Crippen LogP contribution is -2.23. The minimum Gasteiger partial charge on any atom is -0.468 e. The van der Waals surface area contributed by atoms with Crippen molar-refractivity contribution < 1.29 is 4.42 Å². The first kappa shape index (κ1) is 14.8. The monoisotopic (exact) mass is 360 g/mol. The van der Waals surface area contributed by atoms with E-state index in [0.29, 0.717) is 0 Å². The Morgan fingerprint density at radius 2 is 2.05 bits per heavy atom. The van der Waals surface area contributed by atoms with Gasteiger partial charge in [0, 0.05) is 16.5 Å². The van der Waals surface area contributed by atoms with Crippen LogP contribution >= 0.6 is 15.9 Å². The summed E-state index contributed by atoms with van der Waals surface area (Å²) in [4.78, 5) is 0. The molecule has 4 N–H and O–H groups in total. The number of nitrogens with two attached hydrogens (primary N) is 2. The minimum atomic E-state index is -0.0433. The first-order valence-corrected chi connectivity index (χ1v) is 7.82.